The van der Waals surface area contributed by atoms with Gasteiger partial charge in [0.25, 0.3) is 0 Å². The lowest BCUT2D eigenvalue weighted by molar-refractivity contribution is -0.124. The molecular weight excluding hydrogens is 216 g/mol. The van der Waals surface area contributed by atoms with Crippen LogP contribution in [0, 0.1) is 0 Å². The van der Waals surface area contributed by atoms with E-state index in [0.29, 0.717) is 12.8 Å². The van der Waals surface area contributed by atoms with Crippen LogP contribution in [0.4, 0.5) is 0 Å². The van der Waals surface area contributed by atoms with Crippen LogP contribution in [0.1, 0.15) is 58.8 Å². The Hall–Kier alpha value is -0.610. The topological polar surface area (TPSA) is 75.4 Å². The number of aliphatic hydroxyl groups is 1. The average Bonchev–Trinajstić information content (AvgIpc) is 2.27. The fraction of sp³-hybridized carbons (Fsp3) is 0.923. The summed E-state index contributed by atoms with van der Waals surface area (Å²) in [6.07, 6.45) is 6.26. The zero-order valence-corrected chi connectivity index (χ0v) is 11.1. The molecule has 0 atom stereocenters. The largest absolute Gasteiger partial charge is 0.394 e. The van der Waals surface area contributed by atoms with Crippen molar-refractivity contribution >= 4 is 5.91 Å². The molecule has 1 rings (SSSR count). The highest BCUT2D eigenvalue weighted by Gasteiger charge is 2.32. The summed E-state index contributed by atoms with van der Waals surface area (Å²) in [4.78, 5) is 11.8. The molecule has 17 heavy (non-hydrogen) atoms. The van der Waals surface area contributed by atoms with E-state index in [4.69, 9.17) is 5.73 Å². The second-order valence-corrected chi connectivity index (χ2v) is 6.04. The van der Waals surface area contributed by atoms with Crippen LogP contribution in [0.25, 0.3) is 0 Å². The standard InChI is InChI=1S/C13H26N2O2/c1-12(2,14)9-6-11(17)15-13(10-16)7-4-3-5-8-13/h16H,3-10,14H2,1-2H3,(H,15,17). The van der Waals surface area contributed by atoms with Crippen LogP contribution in [-0.4, -0.2) is 28.7 Å². The number of amides is 1. The minimum absolute atomic E-state index is 0.0134. The lowest BCUT2D eigenvalue weighted by Crippen LogP contribution is -2.52. The van der Waals surface area contributed by atoms with Crippen molar-refractivity contribution in [1.82, 2.24) is 5.32 Å². The van der Waals surface area contributed by atoms with E-state index in [9.17, 15) is 9.90 Å². The SMILES string of the molecule is CC(C)(N)CCC(=O)NC1(CO)CCCCC1. The summed E-state index contributed by atoms with van der Waals surface area (Å²) < 4.78 is 0. The first kappa shape index (κ1) is 14.5. The number of hydrogen-bond donors (Lipinski definition) is 3. The molecule has 0 aliphatic heterocycles. The van der Waals surface area contributed by atoms with E-state index in [1.165, 1.54) is 6.42 Å². The second kappa shape index (κ2) is 5.83. The van der Waals surface area contributed by atoms with E-state index in [0.717, 1.165) is 25.7 Å². The number of carbonyl (C=O) groups excluding carboxylic acids is 1. The molecule has 0 aromatic heterocycles. The molecule has 4 heteroatoms. The molecule has 100 valence electrons. The van der Waals surface area contributed by atoms with Crippen LogP contribution in [0.5, 0.6) is 0 Å². The molecule has 1 amide bonds. The van der Waals surface area contributed by atoms with Crippen molar-refractivity contribution in [3.63, 3.8) is 0 Å². The molecule has 0 saturated heterocycles. The Morgan fingerprint density at radius 1 is 1.35 bits per heavy atom. The third-order valence-electron chi connectivity index (χ3n) is 3.51. The number of hydrogen-bond acceptors (Lipinski definition) is 3. The van der Waals surface area contributed by atoms with Crippen molar-refractivity contribution in [3.8, 4) is 0 Å². The Labute approximate surface area is 104 Å². The Kier molecular flexibility index (Phi) is 4.95. The summed E-state index contributed by atoms with van der Waals surface area (Å²) in [5, 5.41) is 12.5. The molecule has 0 unspecified atom stereocenters. The van der Waals surface area contributed by atoms with Gasteiger partial charge in [-0.05, 0) is 33.1 Å². The Morgan fingerprint density at radius 3 is 2.41 bits per heavy atom. The maximum Gasteiger partial charge on any atom is 0.220 e. The molecule has 1 aliphatic carbocycles. The highest BCUT2D eigenvalue weighted by atomic mass is 16.3. The summed E-state index contributed by atoms with van der Waals surface area (Å²) in [6.45, 7) is 3.89. The predicted molar refractivity (Wildman–Crippen MR) is 68.5 cm³/mol. The van der Waals surface area contributed by atoms with Crippen LogP contribution in [-0.2, 0) is 4.79 Å². The van der Waals surface area contributed by atoms with E-state index in [2.05, 4.69) is 5.32 Å². The van der Waals surface area contributed by atoms with Gasteiger partial charge in [-0.2, -0.15) is 0 Å². The van der Waals surface area contributed by atoms with Gasteiger partial charge >= 0.3 is 0 Å². The second-order valence-electron chi connectivity index (χ2n) is 6.04. The molecule has 1 saturated carbocycles. The summed E-state index contributed by atoms with van der Waals surface area (Å²) in [5.74, 6) is 0.0134. The summed E-state index contributed by atoms with van der Waals surface area (Å²) in [5.41, 5.74) is 5.18. The molecule has 4 nitrogen and oxygen atoms in total. The number of aliphatic hydroxyl groups excluding tert-OH is 1. The summed E-state index contributed by atoms with van der Waals surface area (Å²) in [7, 11) is 0. The van der Waals surface area contributed by atoms with Gasteiger partial charge in [-0.15, -0.1) is 0 Å². The zero-order valence-electron chi connectivity index (χ0n) is 11.1. The van der Waals surface area contributed by atoms with Gasteiger partial charge in [-0.25, -0.2) is 0 Å². The van der Waals surface area contributed by atoms with Crippen LogP contribution in [0.15, 0.2) is 0 Å². The number of carbonyl (C=O) groups is 1. The summed E-state index contributed by atoms with van der Waals surface area (Å²) in [6, 6.07) is 0. The fourth-order valence-corrected chi connectivity index (χ4v) is 2.35. The Morgan fingerprint density at radius 2 is 1.94 bits per heavy atom. The molecule has 4 N–H and O–H groups in total. The average molecular weight is 242 g/mol. The smallest absolute Gasteiger partial charge is 0.220 e. The highest BCUT2D eigenvalue weighted by molar-refractivity contribution is 5.76. The molecule has 0 spiro atoms. The number of rotatable bonds is 5. The van der Waals surface area contributed by atoms with Gasteiger partial charge in [0, 0.05) is 12.0 Å². The number of nitrogens with one attached hydrogen (secondary N) is 1. The van der Waals surface area contributed by atoms with Gasteiger partial charge in [0.15, 0.2) is 0 Å². The van der Waals surface area contributed by atoms with Crippen molar-refractivity contribution in [2.75, 3.05) is 6.61 Å². The first-order valence-electron chi connectivity index (χ1n) is 6.58. The van der Waals surface area contributed by atoms with Gasteiger partial charge in [-0.1, -0.05) is 19.3 Å². The molecule has 0 heterocycles. The van der Waals surface area contributed by atoms with E-state index < -0.39 is 0 Å². The van der Waals surface area contributed by atoms with Crippen molar-refractivity contribution in [3.05, 3.63) is 0 Å². The lowest BCUT2D eigenvalue weighted by Gasteiger charge is -2.36. The van der Waals surface area contributed by atoms with Crippen LogP contribution in [0.3, 0.4) is 0 Å². The predicted octanol–water partition coefficient (Wildman–Crippen LogP) is 1.32. The first-order chi connectivity index (χ1) is 7.87. The quantitative estimate of drug-likeness (QED) is 0.680. The maximum absolute atomic E-state index is 11.8. The molecule has 0 aromatic carbocycles. The molecule has 1 fully saturated rings. The van der Waals surface area contributed by atoms with E-state index in [1.54, 1.807) is 0 Å². The molecule has 0 aromatic rings. The Bertz CT molecular complexity index is 253. The van der Waals surface area contributed by atoms with Crippen molar-refractivity contribution in [1.29, 1.82) is 0 Å². The Balaban J connectivity index is 2.42. The molecule has 0 radical (unpaired) electrons. The van der Waals surface area contributed by atoms with Crippen molar-refractivity contribution in [2.45, 2.75) is 69.9 Å². The summed E-state index contributed by atoms with van der Waals surface area (Å²) >= 11 is 0. The van der Waals surface area contributed by atoms with Gasteiger partial charge in [0.1, 0.15) is 0 Å². The van der Waals surface area contributed by atoms with Crippen LogP contribution < -0.4 is 11.1 Å². The third kappa shape index (κ3) is 5.04. The van der Waals surface area contributed by atoms with Crippen molar-refractivity contribution in [2.24, 2.45) is 5.73 Å². The minimum atomic E-state index is -0.367. The normalized spacial score (nSPS) is 20.0. The van der Waals surface area contributed by atoms with Crippen molar-refractivity contribution < 1.29 is 9.90 Å². The monoisotopic (exact) mass is 242 g/mol. The zero-order chi connectivity index (χ0) is 12.9. The van der Waals surface area contributed by atoms with Crippen LogP contribution in [0.2, 0.25) is 0 Å². The molecule has 0 bridgehead atoms. The molecule has 1 aliphatic rings. The molecular formula is C13H26N2O2. The van der Waals surface area contributed by atoms with E-state index >= 15 is 0 Å². The maximum atomic E-state index is 11.8. The van der Waals surface area contributed by atoms with Crippen LogP contribution >= 0.6 is 0 Å². The highest BCUT2D eigenvalue weighted by Crippen LogP contribution is 2.27. The van der Waals surface area contributed by atoms with Gasteiger partial charge in [0.05, 0.1) is 12.1 Å². The van der Waals surface area contributed by atoms with E-state index in [1.807, 2.05) is 13.8 Å². The third-order valence-corrected chi connectivity index (χ3v) is 3.51. The first-order valence-corrected chi connectivity index (χ1v) is 6.58. The number of nitrogens with two attached hydrogens (primary N) is 1. The minimum Gasteiger partial charge on any atom is -0.394 e. The fourth-order valence-electron chi connectivity index (χ4n) is 2.35. The van der Waals surface area contributed by atoms with Gasteiger partial charge in [0.2, 0.25) is 5.91 Å². The van der Waals surface area contributed by atoms with E-state index in [-0.39, 0.29) is 23.6 Å². The lowest BCUT2D eigenvalue weighted by atomic mass is 9.82. The van der Waals surface area contributed by atoms with Gasteiger partial charge in [-0.3, -0.25) is 4.79 Å². The van der Waals surface area contributed by atoms with Gasteiger partial charge < -0.3 is 16.2 Å².